The van der Waals surface area contributed by atoms with Crippen LogP contribution in [0.3, 0.4) is 0 Å². The highest BCUT2D eigenvalue weighted by Gasteiger charge is 2.50. The van der Waals surface area contributed by atoms with Gasteiger partial charge in [-0.25, -0.2) is 0 Å². The van der Waals surface area contributed by atoms with E-state index in [1.807, 2.05) is 0 Å². The van der Waals surface area contributed by atoms with Crippen molar-refractivity contribution in [2.75, 3.05) is 19.8 Å². The van der Waals surface area contributed by atoms with Gasteiger partial charge in [-0.05, 0) is 0 Å². The van der Waals surface area contributed by atoms with Gasteiger partial charge >= 0.3 is 5.97 Å². The molecule has 0 spiro atoms. The van der Waals surface area contributed by atoms with Gasteiger partial charge in [0.2, 0.25) is 0 Å². The van der Waals surface area contributed by atoms with Gasteiger partial charge in [-0.1, -0.05) is 0 Å². The average molecular weight is 431 g/mol. The van der Waals surface area contributed by atoms with Crippen molar-refractivity contribution in [1.82, 2.24) is 0 Å². The van der Waals surface area contributed by atoms with Gasteiger partial charge in [0.15, 0.2) is 12.6 Å². The fraction of sp³-hybridized carbons (Fsp3) is 0.933. The van der Waals surface area contributed by atoms with E-state index in [1.54, 1.807) is 0 Å². The average Bonchev–Trinajstić information content (AvgIpc) is 2.72. The second kappa shape index (κ2) is 10.3. The van der Waals surface area contributed by atoms with Crippen LogP contribution < -0.4 is 5.73 Å². The van der Waals surface area contributed by atoms with Crippen LogP contribution in [0.15, 0.2) is 0 Å². The molecule has 0 unspecified atom stereocenters. The van der Waals surface area contributed by atoms with Crippen LogP contribution >= 0.6 is 0 Å². The minimum absolute atomic E-state index is 0.776. The number of ether oxygens (including phenoxy) is 4. The van der Waals surface area contributed by atoms with Crippen molar-refractivity contribution in [2.24, 2.45) is 5.73 Å². The summed E-state index contributed by atoms with van der Waals surface area (Å²) in [5, 5.41) is 78.1. The molecular formula is C15H27NO13. The quantitative estimate of drug-likeness (QED) is 0.174. The van der Waals surface area contributed by atoms with Crippen LogP contribution in [0.2, 0.25) is 0 Å². The van der Waals surface area contributed by atoms with Crippen molar-refractivity contribution in [1.29, 1.82) is 0 Å². The molecule has 0 bridgehead atoms. The SMILES string of the molecule is [2H][C@@]1(O)[C@@H](O[C@]2([2H])[C@@H](OC[C@H](N)C(=O)O)O[C@H](CO)[C@@H](O)[C@@H]2O)O[C@H](CO)[C@@H](O)[C@@H]1O. The van der Waals surface area contributed by atoms with E-state index in [1.165, 1.54) is 0 Å². The summed E-state index contributed by atoms with van der Waals surface area (Å²) in [6.07, 6.45) is -21.8. The van der Waals surface area contributed by atoms with Gasteiger partial charge in [0.05, 0.1) is 22.6 Å². The summed E-state index contributed by atoms with van der Waals surface area (Å²) >= 11 is 0. The lowest BCUT2D eigenvalue weighted by atomic mass is 9.97. The molecule has 0 amide bonds. The lowest BCUT2D eigenvalue weighted by Gasteiger charge is -2.46. The topological polar surface area (TPSA) is 242 Å². The third-order valence-corrected chi connectivity index (χ3v) is 4.42. The minimum atomic E-state index is -3.13. The summed E-state index contributed by atoms with van der Waals surface area (Å²) < 4.78 is 36.8. The van der Waals surface area contributed by atoms with Crippen LogP contribution in [0.25, 0.3) is 0 Å². The molecule has 29 heavy (non-hydrogen) atoms. The smallest absolute Gasteiger partial charge is 0.322 e. The Bertz CT molecular complexity index is 630. The first-order valence-electron chi connectivity index (χ1n) is 9.56. The Kier molecular flexibility index (Phi) is 7.57. The zero-order valence-corrected chi connectivity index (χ0v) is 15.0. The molecule has 2 fully saturated rings. The molecular weight excluding hydrogens is 402 g/mol. The number of aliphatic hydroxyl groups is 7. The van der Waals surface area contributed by atoms with Crippen LogP contribution in [0, 0.1) is 0 Å². The van der Waals surface area contributed by atoms with Crippen LogP contribution in [0.5, 0.6) is 0 Å². The second-order valence-corrected chi connectivity index (χ2v) is 6.47. The predicted octanol–water partition coefficient (Wildman–Crippen LogP) is -5.96. The molecule has 11 atom stereocenters. The van der Waals surface area contributed by atoms with Crippen molar-refractivity contribution in [3.8, 4) is 0 Å². The highest BCUT2D eigenvalue weighted by Crippen LogP contribution is 2.29. The number of hydrogen-bond acceptors (Lipinski definition) is 13. The molecule has 0 aromatic heterocycles. The fourth-order valence-corrected chi connectivity index (χ4v) is 2.67. The van der Waals surface area contributed by atoms with Gasteiger partial charge in [-0.2, -0.15) is 0 Å². The van der Waals surface area contributed by atoms with Gasteiger partial charge in [0.1, 0.15) is 54.8 Å². The highest BCUT2D eigenvalue weighted by atomic mass is 16.8. The highest BCUT2D eigenvalue weighted by molar-refractivity contribution is 5.73. The molecule has 0 radical (unpaired) electrons. The maximum absolute atomic E-state index is 10.9. The summed E-state index contributed by atoms with van der Waals surface area (Å²) in [7, 11) is 0. The van der Waals surface area contributed by atoms with Crippen molar-refractivity contribution in [3.05, 3.63) is 0 Å². The van der Waals surface area contributed by atoms with E-state index >= 15 is 0 Å². The summed E-state index contributed by atoms with van der Waals surface area (Å²) in [5.41, 5.74) is 5.32. The summed E-state index contributed by atoms with van der Waals surface area (Å²) in [6.45, 7) is -2.51. The molecule has 2 heterocycles. The molecule has 10 N–H and O–H groups in total. The Labute approximate surface area is 167 Å². The Morgan fingerprint density at radius 3 is 2.00 bits per heavy atom. The number of hydrogen-bond donors (Lipinski definition) is 9. The minimum Gasteiger partial charge on any atom is -0.480 e. The normalized spacial score (nSPS) is 50.5. The molecule has 0 aromatic rings. The number of carboxylic acids is 1. The largest absolute Gasteiger partial charge is 0.480 e. The third-order valence-electron chi connectivity index (χ3n) is 4.42. The monoisotopic (exact) mass is 431 g/mol. The molecule has 0 saturated carbocycles. The van der Waals surface area contributed by atoms with Crippen LogP contribution in [-0.4, -0.2) is 134 Å². The van der Waals surface area contributed by atoms with E-state index in [4.69, 9.17) is 32.5 Å². The number of carbonyl (C=O) groups is 1. The fourth-order valence-electron chi connectivity index (χ4n) is 2.67. The van der Waals surface area contributed by atoms with Gasteiger partial charge in [0.25, 0.3) is 0 Å². The summed E-state index contributed by atoms with van der Waals surface area (Å²) in [5.74, 6) is -1.48. The first-order valence-corrected chi connectivity index (χ1v) is 8.56. The Balaban J connectivity index is 2.33. The van der Waals surface area contributed by atoms with E-state index in [0.29, 0.717) is 0 Å². The molecule has 14 nitrogen and oxygen atoms in total. The molecule has 2 saturated heterocycles. The van der Waals surface area contributed by atoms with E-state index in [-0.39, 0.29) is 0 Å². The first-order chi connectivity index (χ1) is 14.3. The van der Waals surface area contributed by atoms with Gasteiger partial charge in [-0.15, -0.1) is 0 Å². The molecule has 2 rings (SSSR count). The Morgan fingerprint density at radius 1 is 0.966 bits per heavy atom. The molecule has 14 heteroatoms. The summed E-state index contributed by atoms with van der Waals surface area (Å²) in [4.78, 5) is 10.9. The van der Waals surface area contributed by atoms with E-state index in [9.17, 15) is 40.5 Å². The van der Waals surface area contributed by atoms with E-state index < -0.39 is 93.2 Å². The van der Waals surface area contributed by atoms with Crippen molar-refractivity contribution in [2.45, 2.75) is 67.4 Å². The van der Waals surface area contributed by atoms with Gasteiger partial charge < -0.3 is 65.5 Å². The maximum atomic E-state index is 10.9. The Morgan fingerprint density at radius 2 is 1.48 bits per heavy atom. The van der Waals surface area contributed by atoms with Gasteiger partial charge in [0, 0.05) is 0 Å². The number of aliphatic carboxylic acids is 1. The van der Waals surface area contributed by atoms with Gasteiger partial charge in [-0.3, -0.25) is 4.79 Å². The molecule has 2 aliphatic rings. The predicted molar refractivity (Wildman–Crippen MR) is 88.0 cm³/mol. The molecule has 0 aromatic carbocycles. The zero-order chi connectivity index (χ0) is 23.7. The van der Waals surface area contributed by atoms with Crippen LogP contribution in [0.4, 0.5) is 0 Å². The molecule has 170 valence electrons. The number of carboxylic acid groups (broad SMARTS) is 1. The van der Waals surface area contributed by atoms with Crippen molar-refractivity contribution in [3.63, 3.8) is 0 Å². The summed E-state index contributed by atoms with van der Waals surface area (Å²) in [6, 6.07) is -1.60. The van der Waals surface area contributed by atoms with Crippen molar-refractivity contribution >= 4 is 5.97 Å². The van der Waals surface area contributed by atoms with E-state index in [0.717, 1.165) is 0 Å². The second-order valence-electron chi connectivity index (χ2n) is 6.47. The van der Waals surface area contributed by atoms with Crippen LogP contribution in [0.1, 0.15) is 2.74 Å². The van der Waals surface area contributed by atoms with Crippen molar-refractivity contribution < 1.29 is 67.3 Å². The first kappa shape index (κ1) is 21.2. The number of nitrogens with two attached hydrogens (primary N) is 1. The molecule has 0 aliphatic carbocycles. The number of aliphatic hydroxyl groups excluding tert-OH is 6. The lowest BCUT2D eigenvalue weighted by molar-refractivity contribution is -0.367. The van der Waals surface area contributed by atoms with E-state index in [2.05, 4.69) is 0 Å². The molecule has 2 aliphatic heterocycles. The lowest BCUT2D eigenvalue weighted by Crippen LogP contribution is -2.64. The number of rotatable bonds is 8. The Hall–Kier alpha value is -1.01. The standard InChI is InChI=1S/C15H27NO13/c16-4(13(24)25)3-26-15-12(10(22)8(20)6(2-18)28-15)29-14-11(23)9(21)7(19)5(1-17)27-14/h4-12,14-15,17-23H,1-3,16H2,(H,24,25)/t4-,5+,6+,7+,8+,9-,10-,11-,12-,14+,15-/m0/s1/i11D,12D. The maximum Gasteiger partial charge on any atom is 0.322 e. The zero-order valence-electron chi connectivity index (χ0n) is 17.0. The third kappa shape index (κ3) is 5.38. The van der Waals surface area contributed by atoms with Crippen LogP contribution in [-0.2, 0) is 23.7 Å².